The minimum absolute atomic E-state index is 0.581. The first-order valence-corrected chi connectivity index (χ1v) is 5.06. The van der Waals surface area contributed by atoms with Gasteiger partial charge in [-0.15, -0.1) is 0 Å². The molecular weight excluding hydrogens is 158 g/mol. The summed E-state index contributed by atoms with van der Waals surface area (Å²) in [6.07, 6.45) is 1.72. The molecule has 0 bridgehead atoms. The van der Waals surface area contributed by atoms with Crippen LogP contribution >= 0.6 is 0 Å². The van der Waals surface area contributed by atoms with Gasteiger partial charge in [0, 0.05) is 22.7 Å². The second-order valence-electron chi connectivity index (χ2n) is 2.19. The van der Waals surface area contributed by atoms with E-state index in [1.165, 1.54) is 0 Å². The van der Waals surface area contributed by atoms with Gasteiger partial charge in [0.05, 0.1) is 11.4 Å². The second kappa shape index (κ2) is 4.23. The van der Waals surface area contributed by atoms with E-state index in [1.54, 1.807) is 6.20 Å². The van der Waals surface area contributed by atoms with E-state index in [4.69, 9.17) is 0 Å². The maximum Gasteiger partial charge on any atom is 0.0658 e. The summed E-state index contributed by atoms with van der Waals surface area (Å²) in [7, 11) is -0.740. The molecule has 1 unspecified atom stereocenters. The minimum atomic E-state index is -0.740. The largest absolute Gasteiger partial charge is 0.260 e. The average Bonchev–Trinajstić information content (AvgIpc) is 2.06. The molecule has 1 rings (SSSR count). The summed E-state index contributed by atoms with van der Waals surface area (Å²) >= 11 is 0. The van der Waals surface area contributed by atoms with Crippen LogP contribution in [0.25, 0.3) is 0 Å². The molecule has 0 saturated carbocycles. The molecule has 0 aromatic carbocycles. The topological polar surface area (TPSA) is 30.0 Å². The minimum Gasteiger partial charge on any atom is -0.260 e. The Bertz CT molecular complexity index is 235. The number of aromatic nitrogens is 1. The molecule has 0 spiro atoms. The fourth-order valence-corrected chi connectivity index (χ4v) is 1.46. The van der Waals surface area contributed by atoms with Crippen molar-refractivity contribution in [1.82, 2.24) is 4.98 Å². The molecule has 0 radical (unpaired) electrons. The quantitative estimate of drug-likeness (QED) is 0.683. The molecule has 1 aromatic heterocycles. The van der Waals surface area contributed by atoms with Crippen molar-refractivity contribution in [3.63, 3.8) is 0 Å². The molecule has 0 N–H and O–H groups in total. The number of rotatable bonds is 3. The highest BCUT2D eigenvalue weighted by atomic mass is 32.2. The Balaban J connectivity index is 2.58. The van der Waals surface area contributed by atoms with Gasteiger partial charge < -0.3 is 0 Å². The highest BCUT2D eigenvalue weighted by Gasteiger charge is 1.97. The van der Waals surface area contributed by atoms with Crippen molar-refractivity contribution < 1.29 is 4.21 Å². The highest BCUT2D eigenvalue weighted by molar-refractivity contribution is 7.84. The van der Waals surface area contributed by atoms with Crippen molar-refractivity contribution in [2.45, 2.75) is 12.7 Å². The van der Waals surface area contributed by atoms with Crippen LogP contribution in [0.15, 0.2) is 24.4 Å². The lowest BCUT2D eigenvalue weighted by molar-refractivity contribution is 0.683. The van der Waals surface area contributed by atoms with E-state index >= 15 is 0 Å². The molecule has 1 atom stereocenters. The van der Waals surface area contributed by atoms with Crippen molar-refractivity contribution in [2.75, 3.05) is 5.75 Å². The Kier molecular flexibility index (Phi) is 3.23. The van der Waals surface area contributed by atoms with Crippen molar-refractivity contribution in [3.8, 4) is 0 Å². The summed E-state index contributed by atoms with van der Waals surface area (Å²) in [5.74, 6) is 1.29. The Morgan fingerprint density at radius 2 is 2.36 bits per heavy atom. The van der Waals surface area contributed by atoms with Gasteiger partial charge in [-0.3, -0.25) is 9.19 Å². The monoisotopic (exact) mass is 169 g/mol. The van der Waals surface area contributed by atoms with E-state index in [0.717, 1.165) is 5.69 Å². The molecule has 0 aliphatic carbocycles. The van der Waals surface area contributed by atoms with Gasteiger partial charge in [0.25, 0.3) is 0 Å². The average molecular weight is 169 g/mol. The third kappa shape index (κ3) is 2.80. The van der Waals surface area contributed by atoms with Gasteiger partial charge in [-0.1, -0.05) is 13.0 Å². The third-order valence-electron chi connectivity index (χ3n) is 1.36. The van der Waals surface area contributed by atoms with Gasteiger partial charge in [0.15, 0.2) is 0 Å². The molecular formula is C8H11NOS. The van der Waals surface area contributed by atoms with Crippen LogP contribution in [0, 0.1) is 0 Å². The molecule has 2 nitrogen and oxygen atoms in total. The van der Waals surface area contributed by atoms with Gasteiger partial charge >= 0.3 is 0 Å². The van der Waals surface area contributed by atoms with Crippen molar-refractivity contribution >= 4 is 10.8 Å². The van der Waals surface area contributed by atoms with Gasteiger partial charge in [0.1, 0.15) is 0 Å². The normalized spacial score (nSPS) is 12.8. The predicted molar refractivity (Wildman–Crippen MR) is 46.6 cm³/mol. The zero-order valence-corrected chi connectivity index (χ0v) is 7.30. The first-order chi connectivity index (χ1) is 5.33. The number of hydrogen-bond acceptors (Lipinski definition) is 2. The summed E-state index contributed by atoms with van der Waals surface area (Å²) in [6, 6.07) is 5.67. The van der Waals surface area contributed by atoms with E-state index < -0.39 is 10.8 Å². The van der Waals surface area contributed by atoms with E-state index in [2.05, 4.69) is 4.98 Å². The Morgan fingerprint density at radius 1 is 1.55 bits per heavy atom. The maximum atomic E-state index is 11.1. The predicted octanol–water partition coefficient (Wildman–Crippen LogP) is 1.35. The molecule has 1 heterocycles. The second-order valence-corrected chi connectivity index (χ2v) is 3.94. The number of hydrogen-bond donors (Lipinski definition) is 0. The molecule has 0 aliphatic rings. The SMILES string of the molecule is CCS(=O)Cc1ccccn1. The fraction of sp³-hybridized carbons (Fsp3) is 0.375. The van der Waals surface area contributed by atoms with Gasteiger partial charge in [-0.05, 0) is 12.1 Å². The molecule has 0 amide bonds. The van der Waals surface area contributed by atoms with E-state index in [-0.39, 0.29) is 0 Å². The summed E-state index contributed by atoms with van der Waals surface area (Å²) < 4.78 is 11.1. The lowest BCUT2D eigenvalue weighted by atomic mass is 10.4. The Labute approximate surface area is 69.1 Å². The zero-order valence-electron chi connectivity index (χ0n) is 6.49. The fourth-order valence-electron chi connectivity index (χ4n) is 0.751. The summed E-state index contributed by atoms with van der Waals surface area (Å²) in [6.45, 7) is 1.92. The molecule has 1 aromatic rings. The Hall–Kier alpha value is -0.700. The van der Waals surface area contributed by atoms with Crippen molar-refractivity contribution in [3.05, 3.63) is 30.1 Å². The van der Waals surface area contributed by atoms with Crippen LogP contribution in [0.5, 0.6) is 0 Å². The first-order valence-electron chi connectivity index (χ1n) is 3.58. The van der Waals surface area contributed by atoms with Crippen LogP contribution in [0.1, 0.15) is 12.6 Å². The van der Waals surface area contributed by atoms with E-state index in [1.807, 2.05) is 25.1 Å². The third-order valence-corrected chi connectivity index (χ3v) is 2.62. The molecule has 0 fully saturated rings. The zero-order chi connectivity index (χ0) is 8.10. The van der Waals surface area contributed by atoms with E-state index in [0.29, 0.717) is 11.5 Å². The lowest BCUT2D eigenvalue weighted by Crippen LogP contribution is -1.98. The first kappa shape index (κ1) is 8.40. The lowest BCUT2D eigenvalue weighted by Gasteiger charge is -1.96. The molecule has 0 saturated heterocycles. The van der Waals surface area contributed by atoms with Crippen LogP contribution in [0.4, 0.5) is 0 Å². The standard InChI is InChI=1S/C8H11NOS/c1-2-11(10)7-8-5-3-4-6-9-8/h3-6H,2,7H2,1H3. The van der Waals surface area contributed by atoms with Crippen LogP contribution in [0.2, 0.25) is 0 Å². The molecule has 3 heteroatoms. The number of nitrogens with zero attached hydrogens (tertiary/aromatic N) is 1. The van der Waals surface area contributed by atoms with Crippen LogP contribution in [-0.4, -0.2) is 14.9 Å². The van der Waals surface area contributed by atoms with Gasteiger partial charge in [0.2, 0.25) is 0 Å². The summed E-state index contributed by atoms with van der Waals surface area (Å²) in [5, 5.41) is 0. The summed E-state index contributed by atoms with van der Waals surface area (Å²) in [4.78, 5) is 4.07. The van der Waals surface area contributed by atoms with E-state index in [9.17, 15) is 4.21 Å². The molecule has 60 valence electrons. The van der Waals surface area contributed by atoms with Crippen molar-refractivity contribution in [2.24, 2.45) is 0 Å². The van der Waals surface area contributed by atoms with Crippen LogP contribution < -0.4 is 0 Å². The van der Waals surface area contributed by atoms with Gasteiger partial charge in [-0.2, -0.15) is 0 Å². The van der Waals surface area contributed by atoms with Crippen LogP contribution in [-0.2, 0) is 16.6 Å². The van der Waals surface area contributed by atoms with Gasteiger partial charge in [-0.25, -0.2) is 0 Å². The van der Waals surface area contributed by atoms with Crippen LogP contribution in [0.3, 0.4) is 0 Å². The highest BCUT2D eigenvalue weighted by Crippen LogP contribution is 1.97. The number of pyridine rings is 1. The molecule has 0 aliphatic heterocycles. The Morgan fingerprint density at radius 3 is 2.91 bits per heavy atom. The maximum absolute atomic E-state index is 11.1. The molecule has 11 heavy (non-hydrogen) atoms. The summed E-state index contributed by atoms with van der Waals surface area (Å²) in [5.41, 5.74) is 0.910. The van der Waals surface area contributed by atoms with Crippen molar-refractivity contribution in [1.29, 1.82) is 0 Å². The smallest absolute Gasteiger partial charge is 0.0658 e.